The Morgan fingerprint density at radius 3 is 2.50 bits per heavy atom. The molecule has 154 valence electrons. The number of rotatable bonds is 8. The van der Waals surface area contributed by atoms with E-state index in [9.17, 15) is 9.59 Å². The second kappa shape index (κ2) is 11.8. The molecule has 0 heterocycles. The van der Waals surface area contributed by atoms with Gasteiger partial charge in [0, 0.05) is 6.54 Å². The molecule has 0 radical (unpaired) electrons. The Hall–Kier alpha value is -2.87. The molecule has 0 aliphatic carbocycles. The van der Waals surface area contributed by atoms with Gasteiger partial charge in [0.05, 0.1) is 13.2 Å². The van der Waals surface area contributed by atoms with Gasteiger partial charge < -0.3 is 14.2 Å². The first-order chi connectivity index (χ1) is 13.2. The third-order valence-electron chi connectivity index (χ3n) is 3.05. The maximum absolute atomic E-state index is 12.0. The molecule has 8 nitrogen and oxygen atoms in total. The largest absolute Gasteiger partial charge is 0.516 e. The SMILES string of the molecule is C=CCN(CC(=O)OCC)NC(=NCc1ccccc1)OC(=O)OC(C)(C)C. The minimum Gasteiger partial charge on any atom is -0.465 e. The molecule has 1 N–H and O–H groups in total. The number of carbonyl (C=O) groups is 2. The summed E-state index contributed by atoms with van der Waals surface area (Å²) < 4.78 is 15.3. The van der Waals surface area contributed by atoms with E-state index >= 15 is 0 Å². The number of nitrogens with zero attached hydrogens (tertiary/aromatic N) is 2. The van der Waals surface area contributed by atoms with Gasteiger partial charge in [-0.2, -0.15) is 0 Å². The van der Waals surface area contributed by atoms with Gasteiger partial charge in [-0.1, -0.05) is 36.4 Å². The van der Waals surface area contributed by atoms with E-state index in [2.05, 4.69) is 17.0 Å². The normalized spacial score (nSPS) is 11.7. The van der Waals surface area contributed by atoms with Crippen molar-refractivity contribution >= 4 is 18.1 Å². The Morgan fingerprint density at radius 2 is 1.93 bits per heavy atom. The van der Waals surface area contributed by atoms with Gasteiger partial charge in [-0.15, -0.1) is 6.58 Å². The van der Waals surface area contributed by atoms with Crippen molar-refractivity contribution in [3.63, 3.8) is 0 Å². The number of hydrazine groups is 1. The van der Waals surface area contributed by atoms with Gasteiger partial charge in [0.2, 0.25) is 0 Å². The van der Waals surface area contributed by atoms with E-state index < -0.39 is 17.7 Å². The Kier molecular flexibility index (Phi) is 9.73. The summed E-state index contributed by atoms with van der Waals surface area (Å²) in [5, 5.41) is 1.47. The Bertz CT molecular complexity index is 668. The van der Waals surface area contributed by atoms with Crippen molar-refractivity contribution in [1.29, 1.82) is 0 Å². The minimum atomic E-state index is -0.901. The molecule has 1 aromatic carbocycles. The molecule has 0 saturated heterocycles. The predicted octanol–water partition coefficient (Wildman–Crippen LogP) is 3.05. The lowest BCUT2D eigenvalue weighted by Gasteiger charge is -2.23. The van der Waals surface area contributed by atoms with Crippen LogP contribution in [0.15, 0.2) is 48.0 Å². The van der Waals surface area contributed by atoms with Gasteiger partial charge in [0.25, 0.3) is 0 Å². The standard InChI is InChI=1S/C20H29N3O5/c1-6-13-23(15-17(24)26-7-2)22-18(27-19(25)28-20(3,4)5)21-14-16-11-9-8-10-12-16/h6,8-12H,1,7,13-15H2,2-5H3,(H,21,22). The van der Waals surface area contributed by atoms with E-state index in [1.54, 1.807) is 33.8 Å². The average Bonchev–Trinajstić information content (AvgIpc) is 2.59. The summed E-state index contributed by atoms with van der Waals surface area (Å²) in [7, 11) is 0. The number of hydrogen-bond acceptors (Lipinski definition) is 7. The molecule has 1 aromatic rings. The first kappa shape index (κ1) is 23.2. The molecule has 0 aromatic heterocycles. The molecule has 0 spiro atoms. The van der Waals surface area contributed by atoms with E-state index in [0.717, 1.165) is 5.56 Å². The molecule has 1 rings (SSSR count). The summed E-state index contributed by atoms with van der Waals surface area (Å²) in [5.74, 6) is -0.434. The van der Waals surface area contributed by atoms with E-state index in [4.69, 9.17) is 14.2 Å². The second-order valence-corrected chi connectivity index (χ2v) is 6.76. The van der Waals surface area contributed by atoms with Gasteiger partial charge in [-0.3, -0.25) is 10.2 Å². The molecule has 28 heavy (non-hydrogen) atoms. The summed E-state index contributed by atoms with van der Waals surface area (Å²) in [4.78, 5) is 28.1. The summed E-state index contributed by atoms with van der Waals surface area (Å²) >= 11 is 0. The number of amidine groups is 1. The van der Waals surface area contributed by atoms with Crippen LogP contribution in [0, 0.1) is 0 Å². The van der Waals surface area contributed by atoms with Crippen LogP contribution in [0.5, 0.6) is 0 Å². The molecule has 0 amide bonds. The summed E-state index contributed by atoms with van der Waals surface area (Å²) in [5.41, 5.74) is 3.03. The van der Waals surface area contributed by atoms with Crippen molar-refractivity contribution in [3.8, 4) is 0 Å². The highest BCUT2D eigenvalue weighted by molar-refractivity contribution is 5.84. The van der Waals surface area contributed by atoms with Crippen LogP contribution in [0.25, 0.3) is 0 Å². The third kappa shape index (κ3) is 10.3. The van der Waals surface area contributed by atoms with Crippen LogP contribution in [-0.2, 0) is 25.5 Å². The Balaban J connectivity index is 2.91. The highest BCUT2D eigenvalue weighted by atomic mass is 16.7. The molecule has 0 unspecified atom stereocenters. The van der Waals surface area contributed by atoms with Crippen molar-refractivity contribution in [2.24, 2.45) is 4.99 Å². The fourth-order valence-corrected chi connectivity index (χ4v) is 1.99. The van der Waals surface area contributed by atoms with Crippen LogP contribution in [0.2, 0.25) is 0 Å². The number of aliphatic imine (C=N–C) groups is 1. The van der Waals surface area contributed by atoms with Crippen LogP contribution in [0.1, 0.15) is 33.3 Å². The predicted molar refractivity (Wildman–Crippen MR) is 106 cm³/mol. The molecule has 8 heteroatoms. The summed E-state index contributed by atoms with van der Waals surface area (Å²) in [6, 6.07) is 9.37. The molecule has 0 aliphatic heterocycles. The van der Waals surface area contributed by atoms with Crippen molar-refractivity contribution in [2.45, 2.75) is 39.8 Å². The van der Waals surface area contributed by atoms with E-state index in [1.165, 1.54) is 5.01 Å². The zero-order chi connectivity index (χ0) is 21.0. The van der Waals surface area contributed by atoms with Crippen LogP contribution in [0.3, 0.4) is 0 Å². The number of benzene rings is 1. The molecule has 0 atom stereocenters. The smallest absolute Gasteiger partial charge is 0.465 e. The number of ether oxygens (including phenoxy) is 3. The van der Waals surface area contributed by atoms with E-state index in [-0.39, 0.29) is 25.7 Å². The third-order valence-corrected chi connectivity index (χ3v) is 3.05. The zero-order valence-corrected chi connectivity index (χ0v) is 16.9. The lowest BCUT2D eigenvalue weighted by atomic mass is 10.2. The highest BCUT2D eigenvalue weighted by Gasteiger charge is 2.21. The van der Waals surface area contributed by atoms with Gasteiger partial charge in [-0.25, -0.2) is 14.8 Å². The Labute approximate surface area is 166 Å². The van der Waals surface area contributed by atoms with Crippen LogP contribution >= 0.6 is 0 Å². The van der Waals surface area contributed by atoms with Gasteiger partial charge in [0.15, 0.2) is 0 Å². The van der Waals surface area contributed by atoms with Crippen molar-refractivity contribution in [2.75, 3.05) is 19.7 Å². The maximum atomic E-state index is 12.0. The number of carbonyl (C=O) groups excluding carboxylic acids is 2. The molecule has 0 bridgehead atoms. The van der Waals surface area contributed by atoms with Gasteiger partial charge in [-0.05, 0) is 33.3 Å². The average molecular weight is 391 g/mol. The topological polar surface area (TPSA) is 89.5 Å². The van der Waals surface area contributed by atoms with Crippen molar-refractivity contribution < 1.29 is 23.8 Å². The number of esters is 1. The Morgan fingerprint density at radius 1 is 1.25 bits per heavy atom. The van der Waals surface area contributed by atoms with Gasteiger partial charge >= 0.3 is 18.1 Å². The monoisotopic (exact) mass is 391 g/mol. The molecular formula is C20H29N3O5. The van der Waals surface area contributed by atoms with Crippen LogP contribution in [0.4, 0.5) is 4.79 Å². The first-order valence-corrected chi connectivity index (χ1v) is 9.00. The van der Waals surface area contributed by atoms with Crippen molar-refractivity contribution in [1.82, 2.24) is 10.4 Å². The first-order valence-electron chi connectivity index (χ1n) is 9.00. The maximum Gasteiger partial charge on any atom is 0.516 e. The zero-order valence-electron chi connectivity index (χ0n) is 16.9. The quantitative estimate of drug-likeness (QED) is 0.239. The molecule has 0 aliphatic rings. The summed E-state index contributed by atoms with van der Waals surface area (Å²) in [6.45, 7) is 11.3. The number of nitrogens with one attached hydrogen (secondary N) is 1. The van der Waals surface area contributed by atoms with Crippen LogP contribution < -0.4 is 5.43 Å². The second-order valence-electron chi connectivity index (χ2n) is 6.76. The summed E-state index contributed by atoms with van der Waals surface area (Å²) in [6.07, 6.45) is 0.690. The van der Waals surface area contributed by atoms with Crippen LogP contribution in [-0.4, -0.2) is 48.5 Å². The fraction of sp³-hybridized carbons (Fsp3) is 0.450. The number of hydrogen-bond donors (Lipinski definition) is 1. The molecule has 0 saturated carbocycles. The van der Waals surface area contributed by atoms with Crippen molar-refractivity contribution in [3.05, 3.63) is 48.6 Å². The van der Waals surface area contributed by atoms with E-state index in [1.807, 2.05) is 30.3 Å². The van der Waals surface area contributed by atoms with E-state index in [0.29, 0.717) is 6.54 Å². The molecule has 0 fully saturated rings. The van der Waals surface area contributed by atoms with Gasteiger partial charge in [0.1, 0.15) is 12.1 Å². The fourth-order valence-electron chi connectivity index (χ4n) is 1.99. The minimum absolute atomic E-state index is 0.0815. The lowest BCUT2D eigenvalue weighted by molar-refractivity contribution is -0.144. The molecular weight excluding hydrogens is 362 g/mol. The lowest BCUT2D eigenvalue weighted by Crippen LogP contribution is -2.47. The highest BCUT2D eigenvalue weighted by Crippen LogP contribution is 2.09.